The van der Waals surface area contributed by atoms with Crippen LogP contribution in [0, 0.1) is 0 Å². The molecule has 0 aromatic heterocycles. The zero-order chi connectivity index (χ0) is 14.4. The average Bonchev–Trinajstić information content (AvgIpc) is 2.90. The van der Waals surface area contributed by atoms with Crippen molar-refractivity contribution in [3.05, 3.63) is 35.9 Å². The first-order chi connectivity index (χ1) is 9.72. The fourth-order valence-electron chi connectivity index (χ4n) is 3.32. The largest absolute Gasteiger partial charge is 0.394 e. The molecule has 2 rings (SSSR count). The third kappa shape index (κ3) is 3.40. The highest BCUT2D eigenvalue weighted by molar-refractivity contribution is 5.24. The molecule has 0 amide bonds. The summed E-state index contributed by atoms with van der Waals surface area (Å²) < 4.78 is 0. The third-order valence-electron chi connectivity index (χ3n) is 4.63. The minimum absolute atomic E-state index is 0.146. The molecule has 2 N–H and O–H groups in total. The van der Waals surface area contributed by atoms with Gasteiger partial charge in [-0.2, -0.15) is 0 Å². The van der Waals surface area contributed by atoms with Crippen LogP contribution in [0.4, 0.5) is 0 Å². The second-order valence-corrected chi connectivity index (χ2v) is 5.91. The van der Waals surface area contributed by atoms with E-state index in [1.165, 1.54) is 24.9 Å². The standard InChI is InChI=1S/C17H28N2O/c1-3-18-17(14-20,16-9-5-4-6-10-16)11-13-19-12-7-8-15(19)2/h4-6,9-10,15,18,20H,3,7-8,11-14H2,1-2H3. The van der Waals surface area contributed by atoms with E-state index in [1.807, 2.05) is 6.07 Å². The Bertz CT molecular complexity index is 395. The van der Waals surface area contributed by atoms with Crippen molar-refractivity contribution in [1.29, 1.82) is 0 Å². The van der Waals surface area contributed by atoms with E-state index in [0.717, 1.165) is 19.5 Å². The van der Waals surface area contributed by atoms with E-state index in [4.69, 9.17) is 0 Å². The van der Waals surface area contributed by atoms with Crippen LogP contribution in [0.5, 0.6) is 0 Å². The molecule has 2 unspecified atom stereocenters. The second-order valence-electron chi connectivity index (χ2n) is 5.91. The molecule has 20 heavy (non-hydrogen) atoms. The topological polar surface area (TPSA) is 35.5 Å². The van der Waals surface area contributed by atoms with Crippen LogP contribution in [0.15, 0.2) is 30.3 Å². The van der Waals surface area contributed by atoms with Crippen molar-refractivity contribution in [2.45, 2.75) is 44.7 Å². The van der Waals surface area contributed by atoms with E-state index in [0.29, 0.717) is 6.04 Å². The molecule has 112 valence electrons. The fraction of sp³-hybridized carbons (Fsp3) is 0.647. The van der Waals surface area contributed by atoms with E-state index in [9.17, 15) is 5.11 Å². The predicted octanol–water partition coefficient (Wildman–Crippen LogP) is 2.36. The van der Waals surface area contributed by atoms with Crippen molar-refractivity contribution in [1.82, 2.24) is 10.2 Å². The normalized spacial score (nSPS) is 22.9. The number of likely N-dealkylation sites (N-methyl/N-ethyl adjacent to an activating group) is 1. The van der Waals surface area contributed by atoms with Crippen molar-refractivity contribution in [3.8, 4) is 0 Å². The van der Waals surface area contributed by atoms with Crippen LogP contribution in [0.1, 0.15) is 38.7 Å². The number of rotatable bonds is 7. The lowest BCUT2D eigenvalue weighted by molar-refractivity contribution is 0.131. The molecule has 3 nitrogen and oxygen atoms in total. The molecule has 1 aromatic carbocycles. The Labute approximate surface area is 123 Å². The van der Waals surface area contributed by atoms with Crippen molar-refractivity contribution >= 4 is 0 Å². The Morgan fingerprint density at radius 2 is 2.10 bits per heavy atom. The van der Waals surface area contributed by atoms with Crippen molar-refractivity contribution in [3.63, 3.8) is 0 Å². The predicted molar refractivity (Wildman–Crippen MR) is 83.8 cm³/mol. The first-order valence-corrected chi connectivity index (χ1v) is 7.87. The number of hydrogen-bond donors (Lipinski definition) is 2. The van der Waals surface area contributed by atoms with Crippen LogP contribution < -0.4 is 5.32 Å². The molecule has 1 aliphatic heterocycles. The molecule has 0 saturated carbocycles. The summed E-state index contributed by atoms with van der Waals surface area (Å²) in [6, 6.07) is 11.0. The summed E-state index contributed by atoms with van der Waals surface area (Å²) in [4.78, 5) is 2.55. The maximum absolute atomic E-state index is 10.0. The van der Waals surface area contributed by atoms with E-state index < -0.39 is 0 Å². The zero-order valence-electron chi connectivity index (χ0n) is 12.8. The SMILES string of the molecule is CCNC(CO)(CCN1CCCC1C)c1ccccc1. The van der Waals surface area contributed by atoms with E-state index >= 15 is 0 Å². The van der Waals surface area contributed by atoms with Gasteiger partial charge in [0, 0.05) is 12.6 Å². The highest BCUT2D eigenvalue weighted by atomic mass is 16.3. The molecule has 1 aromatic rings. The monoisotopic (exact) mass is 276 g/mol. The third-order valence-corrected chi connectivity index (χ3v) is 4.63. The summed E-state index contributed by atoms with van der Waals surface area (Å²) in [7, 11) is 0. The summed E-state index contributed by atoms with van der Waals surface area (Å²) in [5, 5.41) is 13.5. The van der Waals surface area contributed by atoms with E-state index in [1.54, 1.807) is 0 Å². The average molecular weight is 276 g/mol. The number of aliphatic hydroxyl groups excluding tert-OH is 1. The zero-order valence-corrected chi connectivity index (χ0v) is 12.8. The van der Waals surface area contributed by atoms with Gasteiger partial charge in [-0.25, -0.2) is 0 Å². The van der Waals surface area contributed by atoms with Crippen LogP contribution in [-0.2, 0) is 5.54 Å². The summed E-state index contributed by atoms with van der Waals surface area (Å²) in [6.45, 7) is 7.67. The Morgan fingerprint density at radius 3 is 2.65 bits per heavy atom. The van der Waals surface area contributed by atoms with Crippen molar-refractivity contribution in [2.24, 2.45) is 0 Å². The number of likely N-dealkylation sites (tertiary alicyclic amines) is 1. The Hall–Kier alpha value is -0.900. The maximum atomic E-state index is 10.0. The van der Waals surface area contributed by atoms with Gasteiger partial charge in [0.05, 0.1) is 12.1 Å². The lowest BCUT2D eigenvalue weighted by atomic mass is 9.87. The minimum Gasteiger partial charge on any atom is -0.394 e. The fourth-order valence-corrected chi connectivity index (χ4v) is 3.32. The van der Waals surface area contributed by atoms with Gasteiger partial charge in [-0.15, -0.1) is 0 Å². The molecule has 2 atom stereocenters. The summed E-state index contributed by atoms with van der Waals surface area (Å²) in [6.07, 6.45) is 3.56. The van der Waals surface area contributed by atoms with Gasteiger partial charge in [-0.05, 0) is 44.8 Å². The number of aliphatic hydroxyl groups is 1. The van der Waals surface area contributed by atoms with Crippen LogP contribution >= 0.6 is 0 Å². The molecule has 0 spiro atoms. The van der Waals surface area contributed by atoms with Crippen molar-refractivity contribution in [2.75, 3.05) is 26.2 Å². The number of hydrogen-bond acceptors (Lipinski definition) is 3. The molecule has 1 heterocycles. The maximum Gasteiger partial charge on any atom is 0.0681 e. The highest BCUT2D eigenvalue weighted by Crippen LogP contribution is 2.27. The van der Waals surface area contributed by atoms with Gasteiger partial charge in [0.1, 0.15) is 0 Å². The lowest BCUT2D eigenvalue weighted by Gasteiger charge is -2.36. The molecule has 0 radical (unpaired) electrons. The molecule has 0 bridgehead atoms. The van der Waals surface area contributed by atoms with Crippen LogP contribution in [-0.4, -0.2) is 42.3 Å². The molecule has 3 heteroatoms. The van der Waals surface area contributed by atoms with E-state index in [-0.39, 0.29) is 12.1 Å². The smallest absolute Gasteiger partial charge is 0.0681 e. The van der Waals surface area contributed by atoms with Gasteiger partial charge in [0.2, 0.25) is 0 Å². The van der Waals surface area contributed by atoms with Gasteiger partial charge < -0.3 is 15.3 Å². The summed E-state index contributed by atoms with van der Waals surface area (Å²) in [5.41, 5.74) is 0.884. The molecule has 1 saturated heterocycles. The molecule has 1 fully saturated rings. The van der Waals surface area contributed by atoms with Gasteiger partial charge in [-0.3, -0.25) is 0 Å². The summed E-state index contributed by atoms with van der Waals surface area (Å²) >= 11 is 0. The Kier molecular flexibility index (Phi) is 5.58. The van der Waals surface area contributed by atoms with Gasteiger partial charge >= 0.3 is 0 Å². The first kappa shape index (κ1) is 15.5. The van der Waals surface area contributed by atoms with Crippen LogP contribution in [0.25, 0.3) is 0 Å². The molecular weight excluding hydrogens is 248 g/mol. The van der Waals surface area contributed by atoms with Crippen LogP contribution in [0.3, 0.4) is 0 Å². The first-order valence-electron chi connectivity index (χ1n) is 7.87. The highest BCUT2D eigenvalue weighted by Gasteiger charge is 2.32. The Morgan fingerprint density at radius 1 is 1.35 bits per heavy atom. The molecular formula is C17H28N2O. The number of nitrogens with zero attached hydrogens (tertiary/aromatic N) is 1. The number of benzene rings is 1. The van der Waals surface area contributed by atoms with E-state index in [2.05, 4.69) is 48.3 Å². The second kappa shape index (κ2) is 7.21. The molecule has 1 aliphatic rings. The lowest BCUT2D eigenvalue weighted by Crippen LogP contribution is -2.48. The summed E-state index contributed by atoms with van der Waals surface area (Å²) in [5.74, 6) is 0. The Balaban J connectivity index is 2.10. The number of nitrogens with one attached hydrogen (secondary N) is 1. The van der Waals surface area contributed by atoms with Crippen molar-refractivity contribution < 1.29 is 5.11 Å². The molecule has 0 aliphatic carbocycles. The van der Waals surface area contributed by atoms with Gasteiger partial charge in [-0.1, -0.05) is 37.3 Å². The van der Waals surface area contributed by atoms with Gasteiger partial charge in [0.25, 0.3) is 0 Å². The minimum atomic E-state index is -0.307. The van der Waals surface area contributed by atoms with Gasteiger partial charge in [0.15, 0.2) is 0 Å². The quantitative estimate of drug-likeness (QED) is 0.802. The van der Waals surface area contributed by atoms with Crippen LogP contribution in [0.2, 0.25) is 0 Å².